The van der Waals surface area contributed by atoms with E-state index in [1.807, 2.05) is 0 Å². The first-order chi connectivity index (χ1) is 9.86. The predicted molar refractivity (Wildman–Crippen MR) is 91.2 cm³/mol. The van der Waals surface area contributed by atoms with E-state index in [2.05, 4.69) is 18.7 Å². The molecular weight excluding hydrogens is 304 g/mol. The van der Waals surface area contributed by atoms with E-state index in [0.717, 1.165) is 31.6 Å². The lowest BCUT2D eigenvalue weighted by Crippen LogP contribution is -2.64. The van der Waals surface area contributed by atoms with Crippen molar-refractivity contribution in [2.45, 2.75) is 50.9 Å². The standard InChI is InChI=1S/C15H30N2O2S2/c1-4-21(18,19)14-10-20-8-7-17(14)15(11-16)6-5-12(2)13(3)9-15/h12-14H,4-11,16H2,1-3H3. The average molecular weight is 335 g/mol. The van der Waals surface area contributed by atoms with E-state index in [-0.39, 0.29) is 16.7 Å². The zero-order chi connectivity index (χ0) is 15.7. The van der Waals surface area contributed by atoms with Crippen molar-refractivity contribution in [2.75, 3.05) is 30.3 Å². The number of thioether (sulfide) groups is 1. The monoisotopic (exact) mass is 334 g/mol. The van der Waals surface area contributed by atoms with Crippen LogP contribution in [0.1, 0.15) is 40.0 Å². The summed E-state index contributed by atoms with van der Waals surface area (Å²) in [5.41, 5.74) is 6.07. The van der Waals surface area contributed by atoms with Gasteiger partial charge in [0.05, 0.1) is 0 Å². The zero-order valence-electron chi connectivity index (χ0n) is 13.5. The third-order valence-corrected chi connectivity index (χ3v) is 8.92. The van der Waals surface area contributed by atoms with Crippen molar-refractivity contribution in [3.05, 3.63) is 0 Å². The molecule has 0 aromatic heterocycles. The van der Waals surface area contributed by atoms with Gasteiger partial charge in [-0.15, -0.1) is 0 Å². The summed E-state index contributed by atoms with van der Waals surface area (Å²) in [7, 11) is -3.05. The minimum Gasteiger partial charge on any atom is -0.329 e. The average Bonchev–Trinajstić information content (AvgIpc) is 2.50. The first kappa shape index (κ1) is 17.6. The van der Waals surface area contributed by atoms with Crippen LogP contribution in [0.3, 0.4) is 0 Å². The minimum atomic E-state index is -3.05. The highest BCUT2D eigenvalue weighted by Crippen LogP contribution is 2.42. The van der Waals surface area contributed by atoms with E-state index in [1.165, 1.54) is 0 Å². The second kappa shape index (κ2) is 6.77. The SMILES string of the molecule is CCS(=O)(=O)C1CSCCN1C1(CN)CCC(C)C(C)C1. The number of hydrogen-bond donors (Lipinski definition) is 1. The first-order valence-corrected chi connectivity index (χ1v) is 11.0. The van der Waals surface area contributed by atoms with Crippen LogP contribution in [0.15, 0.2) is 0 Å². The molecular formula is C15H30N2O2S2. The van der Waals surface area contributed by atoms with Gasteiger partial charge in [-0.25, -0.2) is 8.42 Å². The van der Waals surface area contributed by atoms with Gasteiger partial charge in [0, 0.05) is 35.9 Å². The van der Waals surface area contributed by atoms with Crippen LogP contribution >= 0.6 is 11.8 Å². The molecule has 2 fully saturated rings. The summed E-state index contributed by atoms with van der Waals surface area (Å²) in [5.74, 6) is 3.26. The Kier molecular flexibility index (Phi) is 5.66. The zero-order valence-corrected chi connectivity index (χ0v) is 15.2. The molecule has 4 unspecified atom stereocenters. The number of nitrogens with zero attached hydrogens (tertiary/aromatic N) is 1. The Bertz CT molecular complexity index is 455. The Balaban J connectivity index is 2.30. The Hall–Kier alpha value is 0.220. The lowest BCUT2D eigenvalue weighted by atomic mass is 9.70. The molecule has 1 heterocycles. The molecule has 0 aromatic carbocycles. The van der Waals surface area contributed by atoms with Crippen molar-refractivity contribution in [3.8, 4) is 0 Å². The lowest BCUT2D eigenvalue weighted by Gasteiger charge is -2.53. The first-order valence-electron chi connectivity index (χ1n) is 8.12. The highest BCUT2D eigenvalue weighted by Gasteiger charge is 2.47. The van der Waals surface area contributed by atoms with Gasteiger partial charge < -0.3 is 5.73 Å². The van der Waals surface area contributed by atoms with Crippen LogP contribution in [0.5, 0.6) is 0 Å². The highest BCUT2D eigenvalue weighted by molar-refractivity contribution is 8.01. The van der Waals surface area contributed by atoms with Gasteiger partial charge in [0.2, 0.25) is 0 Å². The van der Waals surface area contributed by atoms with Gasteiger partial charge in [0.1, 0.15) is 5.37 Å². The molecule has 1 aliphatic carbocycles. The summed E-state index contributed by atoms with van der Waals surface area (Å²) >= 11 is 1.76. The number of rotatable bonds is 4. The molecule has 2 rings (SSSR count). The topological polar surface area (TPSA) is 63.4 Å². The van der Waals surface area contributed by atoms with E-state index < -0.39 is 9.84 Å². The molecule has 4 nitrogen and oxygen atoms in total. The van der Waals surface area contributed by atoms with E-state index in [4.69, 9.17) is 5.73 Å². The molecule has 0 amide bonds. The van der Waals surface area contributed by atoms with Crippen LogP contribution in [0.25, 0.3) is 0 Å². The van der Waals surface area contributed by atoms with Crippen LogP contribution in [0, 0.1) is 11.8 Å². The van der Waals surface area contributed by atoms with Crippen molar-refractivity contribution in [1.29, 1.82) is 0 Å². The van der Waals surface area contributed by atoms with Crippen molar-refractivity contribution in [1.82, 2.24) is 4.90 Å². The molecule has 1 saturated carbocycles. The minimum absolute atomic E-state index is 0.111. The molecule has 0 aromatic rings. The van der Waals surface area contributed by atoms with Crippen molar-refractivity contribution >= 4 is 21.6 Å². The van der Waals surface area contributed by atoms with E-state index in [9.17, 15) is 8.42 Å². The smallest absolute Gasteiger partial charge is 0.166 e. The Morgan fingerprint density at radius 1 is 1.33 bits per heavy atom. The molecule has 21 heavy (non-hydrogen) atoms. The van der Waals surface area contributed by atoms with Gasteiger partial charge >= 0.3 is 0 Å². The molecule has 0 bridgehead atoms. The van der Waals surface area contributed by atoms with E-state index >= 15 is 0 Å². The summed E-state index contributed by atoms with van der Waals surface area (Å²) in [6, 6.07) is 0. The van der Waals surface area contributed by atoms with Gasteiger partial charge in [0.15, 0.2) is 9.84 Å². The van der Waals surface area contributed by atoms with Gasteiger partial charge in [-0.1, -0.05) is 20.8 Å². The Morgan fingerprint density at radius 2 is 2.05 bits per heavy atom. The molecule has 6 heteroatoms. The third-order valence-electron chi connectivity index (χ3n) is 5.63. The predicted octanol–water partition coefficient (Wildman–Crippen LogP) is 1.95. The van der Waals surface area contributed by atoms with Gasteiger partial charge in [0.25, 0.3) is 0 Å². The molecule has 2 N–H and O–H groups in total. The summed E-state index contributed by atoms with van der Waals surface area (Å²) < 4.78 is 25.0. The maximum absolute atomic E-state index is 12.5. The second-order valence-corrected chi connectivity index (χ2v) is 10.4. The highest BCUT2D eigenvalue weighted by atomic mass is 32.2. The van der Waals surface area contributed by atoms with Crippen LogP contribution < -0.4 is 5.73 Å². The second-order valence-electron chi connectivity index (χ2n) is 6.80. The fourth-order valence-electron chi connectivity index (χ4n) is 3.86. The van der Waals surface area contributed by atoms with E-state index in [0.29, 0.717) is 24.1 Å². The summed E-state index contributed by atoms with van der Waals surface area (Å²) in [6.07, 6.45) is 3.22. The van der Waals surface area contributed by atoms with Crippen LogP contribution in [-0.4, -0.2) is 54.6 Å². The van der Waals surface area contributed by atoms with Crippen molar-refractivity contribution < 1.29 is 8.42 Å². The summed E-state index contributed by atoms with van der Waals surface area (Å²) in [6.45, 7) is 7.78. The largest absolute Gasteiger partial charge is 0.329 e. The quantitative estimate of drug-likeness (QED) is 0.851. The molecule has 1 aliphatic heterocycles. The van der Waals surface area contributed by atoms with E-state index in [1.54, 1.807) is 18.7 Å². The maximum Gasteiger partial charge on any atom is 0.166 e. The van der Waals surface area contributed by atoms with Crippen LogP contribution in [0.2, 0.25) is 0 Å². The van der Waals surface area contributed by atoms with Crippen LogP contribution in [-0.2, 0) is 9.84 Å². The molecule has 0 radical (unpaired) electrons. The number of hydrogen-bond acceptors (Lipinski definition) is 5. The van der Waals surface area contributed by atoms with Gasteiger partial charge in [-0.2, -0.15) is 11.8 Å². The van der Waals surface area contributed by atoms with Crippen molar-refractivity contribution in [3.63, 3.8) is 0 Å². The van der Waals surface area contributed by atoms with Crippen molar-refractivity contribution in [2.24, 2.45) is 17.6 Å². The Morgan fingerprint density at radius 3 is 2.62 bits per heavy atom. The molecule has 124 valence electrons. The lowest BCUT2D eigenvalue weighted by molar-refractivity contribution is 0.0180. The number of nitrogens with two attached hydrogens (primary N) is 1. The third kappa shape index (κ3) is 3.43. The molecule has 0 spiro atoms. The Labute approximate surface area is 134 Å². The number of sulfone groups is 1. The fraction of sp³-hybridized carbons (Fsp3) is 1.00. The maximum atomic E-state index is 12.5. The summed E-state index contributed by atoms with van der Waals surface area (Å²) in [4.78, 5) is 2.27. The summed E-state index contributed by atoms with van der Waals surface area (Å²) in [5, 5.41) is -0.342. The normalized spacial score (nSPS) is 39.3. The molecule has 4 atom stereocenters. The molecule has 2 aliphatic rings. The molecule has 1 saturated heterocycles. The fourth-order valence-corrected chi connectivity index (χ4v) is 6.95. The van der Waals surface area contributed by atoms with Gasteiger partial charge in [-0.05, 0) is 31.1 Å². The van der Waals surface area contributed by atoms with Gasteiger partial charge in [-0.3, -0.25) is 4.90 Å². The van der Waals surface area contributed by atoms with Crippen LogP contribution in [0.4, 0.5) is 0 Å².